The molecule has 4 nitrogen and oxygen atoms in total. The van der Waals surface area contributed by atoms with Gasteiger partial charge in [0.15, 0.2) is 0 Å². The van der Waals surface area contributed by atoms with Crippen molar-refractivity contribution in [3.63, 3.8) is 0 Å². The summed E-state index contributed by atoms with van der Waals surface area (Å²) in [5, 5.41) is 0. The van der Waals surface area contributed by atoms with Crippen molar-refractivity contribution in [2.75, 3.05) is 14.2 Å². The number of esters is 1. The molecule has 0 amide bonds. The molecule has 19 heavy (non-hydrogen) atoms. The fraction of sp³-hybridized carbons (Fsp3) is 0.200. The number of nitrogens with zero attached hydrogens (tertiary/aromatic N) is 1. The van der Waals surface area contributed by atoms with E-state index in [1.807, 2.05) is 30.3 Å². The molecule has 0 aliphatic heterocycles. The summed E-state index contributed by atoms with van der Waals surface area (Å²) in [4.78, 5) is 15.3. The molecule has 0 saturated carbocycles. The standard InChI is InChI=1S/C15H15NO3/c1-18-13-6-3-11(4-7-13)9-12-5-8-14(16-10-12)15(17)19-2/h3-8,10H,9H2,1-2H3. The minimum atomic E-state index is -0.420. The summed E-state index contributed by atoms with van der Waals surface area (Å²) in [6, 6.07) is 11.4. The van der Waals surface area contributed by atoms with Crippen LogP contribution >= 0.6 is 0 Å². The van der Waals surface area contributed by atoms with Crippen molar-refractivity contribution in [2.24, 2.45) is 0 Å². The number of rotatable bonds is 4. The number of carbonyl (C=O) groups is 1. The van der Waals surface area contributed by atoms with E-state index >= 15 is 0 Å². The van der Waals surface area contributed by atoms with E-state index in [2.05, 4.69) is 9.72 Å². The van der Waals surface area contributed by atoms with Crippen LogP contribution in [-0.2, 0) is 11.2 Å². The van der Waals surface area contributed by atoms with Gasteiger partial charge in [0.05, 0.1) is 14.2 Å². The van der Waals surface area contributed by atoms with Gasteiger partial charge in [-0.1, -0.05) is 18.2 Å². The van der Waals surface area contributed by atoms with E-state index in [-0.39, 0.29) is 0 Å². The van der Waals surface area contributed by atoms with Gasteiger partial charge >= 0.3 is 5.97 Å². The fourth-order valence-corrected chi connectivity index (χ4v) is 1.73. The Kier molecular flexibility index (Phi) is 4.13. The maximum Gasteiger partial charge on any atom is 0.356 e. The molecule has 0 aliphatic carbocycles. The highest BCUT2D eigenvalue weighted by atomic mass is 16.5. The Hall–Kier alpha value is -2.36. The predicted octanol–water partition coefficient (Wildman–Crippen LogP) is 2.47. The summed E-state index contributed by atoms with van der Waals surface area (Å²) in [6.07, 6.45) is 2.45. The maximum atomic E-state index is 11.3. The number of ether oxygens (including phenoxy) is 2. The Balaban J connectivity index is 2.08. The highest BCUT2D eigenvalue weighted by molar-refractivity contribution is 5.86. The van der Waals surface area contributed by atoms with Crippen molar-refractivity contribution in [3.05, 3.63) is 59.4 Å². The van der Waals surface area contributed by atoms with Crippen LogP contribution in [0, 0.1) is 0 Å². The lowest BCUT2D eigenvalue weighted by Gasteiger charge is -2.04. The third-order valence-corrected chi connectivity index (χ3v) is 2.79. The topological polar surface area (TPSA) is 48.4 Å². The third kappa shape index (κ3) is 3.31. The number of hydrogen-bond donors (Lipinski definition) is 0. The van der Waals surface area contributed by atoms with Crippen LogP contribution in [-0.4, -0.2) is 25.2 Å². The van der Waals surface area contributed by atoms with Crippen molar-refractivity contribution >= 4 is 5.97 Å². The first kappa shape index (κ1) is 13.1. The van der Waals surface area contributed by atoms with Crippen molar-refractivity contribution in [1.82, 2.24) is 4.98 Å². The van der Waals surface area contributed by atoms with E-state index in [9.17, 15) is 4.79 Å². The van der Waals surface area contributed by atoms with Crippen molar-refractivity contribution in [3.8, 4) is 5.75 Å². The molecule has 0 bridgehead atoms. The summed E-state index contributed by atoms with van der Waals surface area (Å²) in [5.41, 5.74) is 2.52. The van der Waals surface area contributed by atoms with Crippen molar-refractivity contribution in [1.29, 1.82) is 0 Å². The number of benzene rings is 1. The first-order valence-electron chi connectivity index (χ1n) is 5.89. The second kappa shape index (κ2) is 6.00. The molecular weight excluding hydrogens is 242 g/mol. The van der Waals surface area contributed by atoms with Gasteiger partial charge in [-0.15, -0.1) is 0 Å². The van der Waals surface area contributed by atoms with Gasteiger partial charge in [0.1, 0.15) is 11.4 Å². The SMILES string of the molecule is COC(=O)c1ccc(Cc2ccc(OC)cc2)cn1. The molecule has 0 spiro atoms. The second-order valence-corrected chi connectivity index (χ2v) is 4.07. The predicted molar refractivity (Wildman–Crippen MR) is 71.4 cm³/mol. The molecular formula is C15H15NO3. The molecule has 0 fully saturated rings. The van der Waals surface area contributed by atoms with Gasteiger partial charge in [0.25, 0.3) is 0 Å². The zero-order chi connectivity index (χ0) is 13.7. The number of aromatic nitrogens is 1. The Morgan fingerprint density at radius 2 is 1.74 bits per heavy atom. The maximum absolute atomic E-state index is 11.3. The van der Waals surface area contributed by atoms with Gasteiger partial charge in [0, 0.05) is 6.20 Å². The van der Waals surface area contributed by atoms with E-state index in [1.165, 1.54) is 7.11 Å². The minimum Gasteiger partial charge on any atom is -0.497 e. The molecule has 0 saturated heterocycles. The molecule has 0 radical (unpaired) electrons. The fourth-order valence-electron chi connectivity index (χ4n) is 1.73. The average molecular weight is 257 g/mol. The summed E-state index contributed by atoms with van der Waals surface area (Å²) in [5.74, 6) is 0.416. The van der Waals surface area contributed by atoms with E-state index in [0.29, 0.717) is 5.69 Å². The van der Waals surface area contributed by atoms with Crippen LogP contribution in [0.15, 0.2) is 42.6 Å². The highest BCUT2D eigenvalue weighted by Gasteiger charge is 2.06. The molecule has 2 aromatic rings. The van der Waals surface area contributed by atoms with Crippen molar-refractivity contribution < 1.29 is 14.3 Å². The molecule has 4 heteroatoms. The molecule has 98 valence electrons. The van der Waals surface area contributed by atoms with Gasteiger partial charge in [-0.25, -0.2) is 9.78 Å². The molecule has 0 atom stereocenters. The van der Waals surface area contributed by atoms with Crippen LogP contribution in [0.3, 0.4) is 0 Å². The number of carbonyl (C=O) groups excluding carboxylic acids is 1. The smallest absolute Gasteiger partial charge is 0.356 e. The zero-order valence-corrected chi connectivity index (χ0v) is 10.9. The van der Waals surface area contributed by atoms with Crippen molar-refractivity contribution in [2.45, 2.75) is 6.42 Å². The second-order valence-electron chi connectivity index (χ2n) is 4.07. The number of pyridine rings is 1. The molecule has 1 heterocycles. The van der Waals surface area contributed by atoms with Crippen LogP contribution in [0.4, 0.5) is 0 Å². The summed E-state index contributed by atoms with van der Waals surface area (Å²) in [7, 11) is 2.99. The van der Waals surface area contributed by atoms with Crippen LogP contribution in [0.1, 0.15) is 21.6 Å². The van der Waals surface area contributed by atoms with Gasteiger partial charge in [-0.3, -0.25) is 0 Å². The van der Waals surface area contributed by atoms with Gasteiger partial charge in [0.2, 0.25) is 0 Å². The molecule has 0 unspecified atom stereocenters. The quantitative estimate of drug-likeness (QED) is 0.789. The molecule has 1 aromatic heterocycles. The average Bonchev–Trinajstić information content (AvgIpc) is 2.48. The van der Waals surface area contributed by atoms with Crippen LogP contribution in [0.25, 0.3) is 0 Å². The molecule has 0 aliphatic rings. The van der Waals surface area contributed by atoms with E-state index < -0.39 is 5.97 Å². The monoisotopic (exact) mass is 257 g/mol. The molecule has 2 rings (SSSR count). The number of hydrogen-bond acceptors (Lipinski definition) is 4. The highest BCUT2D eigenvalue weighted by Crippen LogP contribution is 2.14. The minimum absolute atomic E-state index is 0.320. The van der Waals surface area contributed by atoms with Gasteiger partial charge in [-0.2, -0.15) is 0 Å². The van der Waals surface area contributed by atoms with E-state index in [1.54, 1.807) is 19.4 Å². The van der Waals surface area contributed by atoms with Crippen LogP contribution < -0.4 is 4.74 Å². The summed E-state index contributed by atoms with van der Waals surface area (Å²) < 4.78 is 9.71. The van der Waals surface area contributed by atoms with Crippen LogP contribution in [0.5, 0.6) is 5.75 Å². The van der Waals surface area contributed by atoms with Gasteiger partial charge in [-0.05, 0) is 35.7 Å². The lowest BCUT2D eigenvalue weighted by molar-refractivity contribution is 0.0594. The Morgan fingerprint density at radius 1 is 1.05 bits per heavy atom. The summed E-state index contributed by atoms with van der Waals surface area (Å²) >= 11 is 0. The number of methoxy groups -OCH3 is 2. The normalized spacial score (nSPS) is 10.0. The first-order valence-corrected chi connectivity index (χ1v) is 5.89. The largest absolute Gasteiger partial charge is 0.497 e. The Bertz CT molecular complexity index is 547. The molecule has 1 aromatic carbocycles. The van der Waals surface area contributed by atoms with E-state index in [4.69, 9.17) is 4.74 Å². The zero-order valence-electron chi connectivity index (χ0n) is 10.9. The lowest BCUT2D eigenvalue weighted by Crippen LogP contribution is -2.04. The molecule has 0 N–H and O–H groups in total. The summed E-state index contributed by atoms with van der Waals surface area (Å²) in [6.45, 7) is 0. The van der Waals surface area contributed by atoms with Crippen LogP contribution in [0.2, 0.25) is 0 Å². The first-order chi connectivity index (χ1) is 9.22. The Morgan fingerprint density at radius 3 is 2.26 bits per heavy atom. The Labute approximate surface area is 112 Å². The lowest BCUT2D eigenvalue weighted by atomic mass is 10.1. The van der Waals surface area contributed by atoms with Gasteiger partial charge < -0.3 is 9.47 Å². The van der Waals surface area contributed by atoms with E-state index in [0.717, 1.165) is 23.3 Å². The third-order valence-electron chi connectivity index (χ3n) is 2.79.